The van der Waals surface area contributed by atoms with Crippen LogP contribution in [0, 0.1) is 17.6 Å². The molecule has 0 amide bonds. The van der Waals surface area contributed by atoms with Gasteiger partial charge in [0, 0.05) is 17.3 Å². The Balaban J connectivity index is 2.03. The average Bonchev–Trinajstić information content (AvgIpc) is 3.02. The van der Waals surface area contributed by atoms with E-state index in [1.54, 1.807) is 4.68 Å². The first-order valence-corrected chi connectivity index (χ1v) is 6.59. The summed E-state index contributed by atoms with van der Waals surface area (Å²) < 4.78 is 28.2. The maximum atomic E-state index is 13.4. The predicted octanol–water partition coefficient (Wildman–Crippen LogP) is 2.56. The molecule has 2 aromatic rings. The van der Waals surface area contributed by atoms with E-state index < -0.39 is 11.6 Å². The smallest absolute Gasteiger partial charge is 0.184 e. The van der Waals surface area contributed by atoms with E-state index in [2.05, 4.69) is 22.4 Å². The molecule has 2 unspecified atom stereocenters. The van der Waals surface area contributed by atoms with Crippen LogP contribution in [0.2, 0.25) is 0 Å². The number of nitrogens with zero attached hydrogens (tertiary/aromatic N) is 4. The summed E-state index contributed by atoms with van der Waals surface area (Å²) in [5.74, 6) is -0.928. The topological polar surface area (TPSA) is 69.6 Å². The van der Waals surface area contributed by atoms with Crippen molar-refractivity contribution in [3.05, 3.63) is 23.8 Å². The van der Waals surface area contributed by atoms with Gasteiger partial charge < -0.3 is 5.73 Å². The molecule has 3 rings (SSSR count). The number of hydrogen-bond donors (Lipinski definition) is 1. The minimum Gasteiger partial charge on any atom is -0.398 e. The van der Waals surface area contributed by atoms with E-state index in [1.165, 1.54) is 0 Å². The average molecular weight is 279 g/mol. The molecule has 0 radical (unpaired) electrons. The maximum Gasteiger partial charge on any atom is 0.184 e. The summed E-state index contributed by atoms with van der Waals surface area (Å²) >= 11 is 0. The Labute approximate surface area is 114 Å². The van der Waals surface area contributed by atoms with Crippen molar-refractivity contribution < 1.29 is 8.78 Å². The Morgan fingerprint density at radius 3 is 2.70 bits per heavy atom. The van der Waals surface area contributed by atoms with Crippen molar-refractivity contribution in [2.24, 2.45) is 5.92 Å². The molecule has 0 saturated heterocycles. The Hall–Kier alpha value is -2.05. The molecular weight excluding hydrogens is 264 g/mol. The zero-order valence-electron chi connectivity index (χ0n) is 11.1. The molecule has 5 nitrogen and oxygen atoms in total. The molecule has 2 atom stereocenters. The molecular formula is C13H15F2N5. The lowest BCUT2D eigenvalue weighted by Gasteiger charge is -2.13. The van der Waals surface area contributed by atoms with Crippen molar-refractivity contribution >= 4 is 5.69 Å². The summed E-state index contributed by atoms with van der Waals surface area (Å²) in [5.41, 5.74) is 6.22. The minimum absolute atomic E-state index is 0.131. The second-order valence-electron chi connectivity index (χ2n) is 5.37. The first kappa shape index (κ1) is 13.0. The summed E-state index contributed by atoms with van der Waals surface area (Å²) in [7, 11) is 0. The fraction of sp³-hybridized carbons (Fsp3) is 0.462. The Morgan fingerprint density at radius 1 is 1.25 bits per heavy atom. The third-order valence-corrected chi connectivity index (χ3v) is 3.84. The lowest BCUT2D eigenvalue weighted by Crippen LogP contribution is -2.10. The van der Waals surface area contributed by atoms with Gasteiger partial charge in [0.25, 0.3) is 0 Å². The first-order chi connectivity index (χ1) is 9.56. The van der Waals surface area contributed by atoms with Crippen LogP contribution in [0.4, 0.5) is 14.5 Å². The van der Waals surface area contributed by atoms with Gasteiger partial charge in [-0.05, 0) is 41.7 Å². The van der Waals surface area contributed by atoms with E-state index in [0.29, 0.717) is 17.3 Å². The molecule has 0 bridgehead atoms. The van der Waals surface area contributed by atoms with E-state index >= 15 is 0 Å². The zero-order valence-corrected chi connectivity index (χ0v) is 11.1. The molecule has 1 aliphatic rings. The standard InChI is InChI=1S/C13H15F2N5/c1-7-2-3-8(4-7)20-13(17-18-19-20)9-5-10(14)11(15)6-12(9)16/h5-8H,2-4,16H2,1H3. The summed E-state index contributed by atoms with van der Waals surface area (Å²) in [6.07, 6.45) is 3.06. The van der Waals surface area contributed by atoms with Crippen LogP contribution in [0.15, 0.2) is 12.1 Å². The number of hydrogen-bond acceptors (Lipinski definition) is 4. The van der Waals surface area contributed by atoms with E-state index in [-0.39, 0.29) is 11.7 Å². The number of tetrazole rings is 1. The summed E-state index contributed by atoms with van der Waals surface area (Å²) in [6.45, 7) is 2.18. The highest BCUT2D eigenvalue weighted by molar-refractivity contribution is 5.71. The number of aromatic nitrogens is 4. The quantitative estimate of drug-likeness (QED) is 0.858. The summed E-state index contributed by atoms with van der Waals surface area (Å²) in [5, 5.41) is 11.6. The SMILES string of the molecule is CC1CCC(n2nnnc2-c2cc(F)c(F)cc2N)C1. The van der Waals surface area contributed by atoms with E-state index in [1.807, 2.05) is 0 Å². The van der Waals surface area contributed by atoms with Crippen molar-refractivity contribution in [3.8, 4) is 11.4 Å². The molecule has 1 saturated carbocycles. The van der Waals surface area contributed by atoms with Crippen LogP contribution >= 0.6 is 0 Å². The van der Waals surface area contributed by atoms with Gasteiger partial charge in [-0.3, -0.25) is 0 Å². The van der Waals surface area contributed by atoms with Crippen LogP contribution in [0.1, 0.15) is 32.2 Å². The van der Waals surface area contributed by atoms with Gasteiger partial charge in [-0.2, -0.15) is 0 Å². The van der Waals surface area contributed by atoms with Gasteiger partial charge in [0.1, 0.15) is 0 Å². The van der Waals surface area contributed by atoms with Crippen molar-refractivity contribution in [2.75, 3.05) is 5.73 Å². The number of nitrogen functional groups attached to an aromatic ring is 1. The van der Waals surface area contributed by atoms with Crippen LogP contribution in [0.5, 0.6) is 0 Å². The van der Waals surface area contributed by atoms with E-state index in [9.17, 15) is 8.78 Å². The van der Waals surface area contributed by atoms with Gasteiger partial charge in [-0.15, -0.1) is 5.10 Å². The molecule has 1 aliphatic carbocycles. The monoisotopic (exact) mass is 279 g/mol. The predicted molar refractivity (Wildman–Crippen MR) is 69.6 cm³/mol. The Kier molecular flexibility index (Phi) is 3.11. The van der Waals surface area contributed by atoms with Crippen LogP contribution < -0.4 is 5.73 Å². The normalized spacial score (nSPS) is 22.4. The fourth-order valence-electron chi connectivity index (χ4n) is 2.77. The van der Waals surface area contributed by atoms with Crippen LogP contribution in [0.3, 0.4) is 0 Å². The van der Waals surface area contributed by atoms with Crippen molar-refractivity contribution in [2.45, 2.75) is 32.2 Å². The van der Waals surface area contributed by atoms with Crippen LogP contribution in [-0.2, 0) is 0 Å². The number of anilines is 1. The molecule has 1 aromatic heterocycles. The van der Waals surface area contributed by atoms with E-state index in [4.69, 9.17) is 5.73 Å². The summed E-state index contributed by atoms with van der Waals surface area (Å²) in [4.78, 5) is 0. The second-order valence-corrected chi connectivity index (χ2v) is 5.37. The molecule has 20 heavy (non-hydrogen) atoms. The number of rotatable bonds is 2. The molecule has 2 N–H and O–H groups in total. The third kappa shape index (κ3) is 2.13. The van der Waals surface area contributed by atoms with Crippen molar-refractivity contribution in [1.82, 2.24) is 20.2 Å². The fourth-order valence-corrected chi connectivity index (χ4v) is 2.77. The molecule has 1 heterocycles. The lowest BCUT2D eigenvalue weighted by atomic mass is 10.1. The second kappa shape index (κ2) is 4.81. The highest BCUT2D eigenvalue weighted by Crippen LogP contribution is 2.36. The third-order valence-electron chi connectivity index (χ3n) is 3.84. The van der Waals surface area contributed by atoms with Crippen LogP contribution in [-0.4, -0.2) is 20.2 Å². The number of nitrogens with two attached hydrogens (primary N) is 1. The Bertz CT molecular complexity index is 640. The van der Waals surface area contributed by atoms with Gasteiger partial charge in [-0.25, -0.2) is 13.5 Å². The number of halogens is 2. The van der Waals surface area contributed by atoms with Gasteiger partial charge in [0.05, 0.1) is 6.04 Å². The Morgan fingerprint density at radius 2 is 2.00 bits per heavy atom. The molecule has 1 fully saturated rings. The molecule has 106 valence electrons. The molecule has 1 aromatic carbocycles. The van der Waals surface area contributed by atoms with Crippen molar-refractivity contribution in [1.29, 1.82) is 0 Å². The van der Waals surface area contributed by atoms with Gasteiger partial charge in [-0.1, -0.05) is 6.92 Å². The van der Waals surface area contributed by atoms with Crippen LogP contribution in [0.25, 0.3) is 11.4 Å². The highest BCUT2D eigenvalue weighted by Gasteiger charge is 2.27. The lowest BCUT2D eigenvalue weighted by molar-refractivity contribution is 0.443. The number of benzene rings is 1. The van der Waals surface area contributed by atoms with Gasteiger partial charge >= 0.3 is 0 Å². The molecule has 0 spiro atoms. The largest absolute Gasteiger partial charge is 0.398 e. The maximum absolute atomic E-state index is 13.4. The highest BCUT2D eigenvalue weighted by atomic mass is 19.2. The molecule has 7 heteroatoms. The zero-order chi connectivity index (χ0) is 14.3. The first-order valence-electron chi connectivity index (χ1n) is 6.59. The molecule has 0 aliphatic heterocycles. The van der Waals surface area contributed by atoms with Gasteiger partial charge in [0.15, 0.2) is 17.5 Å². The van der Waals surface area contributed by atoms with E-state index in [0.717, 1.165) is 31.4 Å². The minimum atomic E-state index is -0.972. The summed E-state index contributed by atoms with van der Waals surface area (Å²) in [6, 6.07) is 2.19. The van der Waals surface area contributed by atoms with Crippen molar-refractivity contribution in [3.63, 3.8) is 0 Å². The van der Waals surface area contributed by atoms with Gasteiger partial charge in [0.2, 0.25) is 0 Å².